The minimum Gasteiger partial charge on any atom is -0.461 e. The fourth-order valence-electron chi connectivity index (χ4n) is 5.62. The van der Waals surface area contributed by atoms with Crippen molar-refractivity contribution in [2.75, 3.05) is 47.5 Å². The zero-order chi connectivity index (χ0) is 46.0. The van der Waals surface area contributed by atoms with Crippen molar-refractivity contribution in [2.24, 2.45) is 11.8 Å². The van der Waals surface area contributed by atoms with E-state index in [1.807, 2.05) is 35.0 Å². The third-order valence-electron chi connectivity index (χ3n) is 9.47. The number of phosphoric ester groups is 1. The summed E-state index contributed by atoms with van der Waals surface area (Å²) < 4.78 is 35.1. The Morgan fingerprint density at radius 2 is 0.871 bits per heavy atom. The number of hydrogen-bond donors (Lipinski definition) is 1. The lowest BCUT2D eigenvalue weighted by Crippen LogP contribution is -2.37. The van der Waals surface area contributed by atoms with Crippen molar-refractivity contribution in [1.82, 2.24) is 0 Å². The second kappa shape index (κ2) is 40.2. The van der Waals surface area contributed by atoms with Crippen LogP contribution in [0.25, 0.3) is 0 Å². The van der Waals surface area contributed by atoms with Gasteiger partial charge in [0.2, 0.25) is 0 Å². The van der Waals surface area contributed by atoms with Gasteiger partial charge in [-0.1, -0.05) is 149 Å². The van der Waals surface area contributed by atoms with Gasteiger partial charge < -0.3 is 18.9 Å². The molecule has 0 spiro atoms. The zero-order valence-corrected chi connectivity index (χ0v) is 40.5. The lowest BCUT2D eigenvalue weighted by atomic mass is 10.00. The Morgan fingerprint density at radius 3 is 1.23 bits per heavy atom. The van der Waals surface area contributed by atoms with Crippen LogP contribution in [-0.4, -0.2) is 74.9 Å². The Bertz CT molecular complexity index is 1490. The maximum absolute atomic E-state index is 13.3. The summed E-state index contributed by atoms with van der Waals surface area (Å²) in [6, 6.07) is 0. The fraction of sp³-hybridized carbons (Fsp3) is 0.577. The van der Waals surface area contributed by atoms with E-state index in [9.17, 15) is 19.0 Å². The number of rotatable bonds is 38. The van der Waals surface area contributed by atoms with E-state index in [-0.39, 0.29) is 19.1 Å². The van der Waals surface area contributed by atoms with E-state index in [0.717, 1.165) is 70.6 Å². The molecule has 62 heavy (non-hydrogen) atoms. The van der Waals surface area contributed by atoms with E-state index in [4.69, 9.17) is 18.5 Å². The normalized spacial score (nSPS) is 15.7. The van der Waals surface area contributed by atoms with Crippen molar-refractivity contribution < 1.29 is 42.1 Å². The van der Waals surface area contributed by atoms with Gasteiger partial charge in [-0.3, -0.25) is 18.6 Å². The highest BCUT2D eigenvalue weighted by Gasteiger charge is 2.29. The Kier molecular flexibility index (Phi) is 37.9. The number of ether oxygens (including phenoxy) is 2. The summed E-state index contributed by atoms with van der Waals surface area (Å²) in [5, 5.41) is 0. The Hall–Kier alpha value is -3.59. The molecule has 0 heterocycles. The Balaban J connectivity index is 5.06. The predicted octanol–water partition coefficient (Wildman–Crippen LogP) is 13.4. The first-order chi connectivity index (χ1) is 29.9. The minimum absolute atomic E-state index is 0.000492. The van der Waals surface area contributed by atoms with Crippen LogP contribution in [0, 0.1) is 11.8 Å². The van der Waals surface area contributed by atoms with Crippen LogP contribution in [-0.2, 0) is 32.7 Å². The van der Waals surface area contributed by atoms with Crippen LogP contribution in [0.5, 0.6) is 0 Å². The highest BCUT2D eigenvalue weighted by Crippen LogP contribution is 2.43. The second-order valence-electron chi connectivity index (χ2n) is 16.1. The molecule has 0 radical (unpaired) electrons. The largest absolute Gasteiger partial charge is 0.472 e. The molecule has 1 N–H and O–H groups in total. The molecule has 0 fully saturated rings. The lowest BCUT2D eigenvalue weighted by Gasteiger charge is -2.25. The van der Waals surface area contributed by atoms with Crippen LogP contribution >= 0.6 is 7.82 Å². The smallest absolute Gasteiger partial charge is 0.461 e. The topological polar surface area (TPSA) is 108 Å². The van der Waals surface area contributed by atoms with Gasteiger partial charge in [-0.05, 0) is 103 Å². The van der Waals surface area contributed by atoms with Gasteiger partial charge >= 0.3 is 19.8 Å². The molecule has 4 unspecified atom stereocenters. The number of likely N-dealkylation sites (N-methyl/N-ethyl adjacent to an activating group) is 1. The van der Waals surface area contributed by atoms with Crippen molar-refractivity contribution in [1.29, 1.82) is 0 Å². The molecule has 0 aliphatic rings. The van der Waals surface area contributed by atoms with Crippen molar-refractivity contribution in [3.05, 3.63) is 122 Å². The van der Waals surface area contributed by atoms with E-state index in [2.05, 4.69) is 135 Å². The maximum Gasteiger partial charge on any atom is 0.472 e. The van der Waals surface area contributed by atoms with Gasteiger partial charge in [0.25, 0.3) is 0 Å². The van der Waals surface area contributed by atoms with E-state index in [0.29, 0.717) is 43.1 Å². The monoisotopic (exact) mass is 883 g/mol. The van der Waals surface area contributed by atoms with Crippen molar-refractivity contribution in [3.8, 4) is 0 Å². The molecule has 0 aliphatic carbocycles. The number of quaternary nitrogens is 1. The van der Waals surface area contributed by atoms with Gasteiger partial charge in [-0.2, -0.15) is 0 Å². The predicted molar refractivity (Wildman–Crippen MR) is 260 cm³/mol. The number of carbonyl (C=O) groups excluding carboxylic acids is 2. The van der Waals surface area contributed by atoms with Crippen LogP contribution in [0.3, 0.4) is 0 Å². The maximum atomic E-state index is 13.3. The minimum atomic E-state index is -4.45. The number of carbonyl (C=O) groups is 2. The average molecular weight is 883 g/mol. The summed E-state index contributed by atoms with van der Waals surface area (Å²) in [6.45, 7) is 7.86. The summed E-state index contributed by atoms with van der Waals surface area (Å²) in [7, 11) is 1.37. The van der Waals surface area contributed by atoms with Gasteiger partial charge in [0.05, 0.1) is 39.6 Å². The lowest BCUT2D eigenvalue weighted by molar-refractivity contribution is -0.870. The molecule has 0 saturated heterocycles. The highest BCUT2D eigenvalue weighted by molar-refractivity contribution is 7.47. The molecular formula is C52H85NO8P+. The van der Waals surface area contributed by atoms with E-state index < -0.39 is 38.4 Å². The zero-order valence-electron chi connectivity index (χ0n) is 39.6. The summed E-state index contributed by atoms with van der Waals surface area (Å²) in [5.41, 5.74) is 0. The van der Waals surface area contributed by atoms with Crippen LogP contribution in [0.15, 0.2) is 122 Å². The SMILES string of the molecule is CCC=CCC=CCC=CCC=CCC=CCCC(CC)C(=O)OCC(COP(=O)(O)OCC[N+](C)(C)C)OC(=O)C(CC)CCC=CCC=CCC=CCC=CCC=CCC. The molecule has 0 rings (SSSR count). The van der Waals surface area contributed by atoms with Gasteiger partial charge in [0, 0.05) is 0 Å². The number of nitrogens with zero attached hydrogens (tertiary/aromatic N) is 1. The number of allylic oxidation sites excluding steroid dienone is 20. The molecule has 0 aromatic heterocycles. The number of phosphoric acid groups is 1. The van der Waals surface area contributed by atoms with Gasteiger partial charge in [-0.15, -0.1) is 0 Å². The number of hydrogen-bond acceptors (Lipinski definition) is 7. The standard InChI is InChI=1S/C52H84NO8P/c1-8-12-14-16-18-20-22-24-26-28-30-32-34-36-38-40-42-48(10-3)51(54)58-46-50(47-60-62(56,57)59-45-44-53(5,6)7)61-52(55)49(11-4)43-41-39-37-35-33-31-29-27-25-23-21-19-17-15-13-9-2/h12-15,18-21,24-27,30-33,36-39,48-50H,8-11,16-17,22-23,28-29,34-35,40-47H2,1-7H3/p+1. The Labute approximate surface area is 378 Å². The van der Waals surface area contributed by atoms with Gasteiger partial charge in [0.15, 0.2) is 6.10 Å². The molecule has 350 valence electrons. The first kappa shape index (κ1) is 58.4. The van der Waals surface area contributed by atoms with Crippen molar-refractivity contribution in [2.45, 2.75) is 137 Å². The van der Waals surface area contributed by atoms with Crippen LogP contribution in [0.1, 0.15) is 130 Å². The molecule has 0 bridgehead atoms. The first-order valence-corrected chi connectivity index (χ1v) is 24.7. The summed E-state index contributed by atoms with van der Waals surface area (Å²) in [5.74, 6) is -1.61. The molecule has 0 amide bonds. The molecule has 0 aromatic rings. The summed E-state index contributed by atoms with van der Waals surface area (Å²) >= 11 is 0. The third kappa shape index (κ3) is 38.1. The number of esters is 2. The second-order valence-corrected chi connectivity index (χ2v) is 17.5. The van der Waals surface area contributed by atoms with E-state index in [1.165, 1.54) is 0 Å². The molecule has 4 atom stereocenters. The van der Waals surface area contributed by atoms with Crippen LogP contribution in [0.4, 0.5) is 0 Å². The van der Waals surface area contributed by atoms with Gasteiger partial charge in [0.1, 0.15) is 19.8 Å². The van der Waals surface area contributed by atoms with Crippen LogP contribution < -0.4 is 0 Å². The highest BCUT2D eigenvalue weighted by atomic mass is 31.2. The fourth-order valence-corrected chi connectivity index (χ4v) is 6.37. The molecule has 0 aliphatic heterocycles. The Morgan fingerprint density at radius 1 is 0.516 bits per heavy atom. The summed E-state index contributed by atoms with van der Waals surface area (Å²) in [6.07, 6.45) is 55.1. The van der Waals surface area contributed by atoms with Gasteiger partial charge in [-0.25, -0.2) is 4.57 Å². The van der Waals surface area contributed by atoms with Crippen LogP contribution in [0.2, 0.25) is 0 Å². The molecule has 0 saturated carbocycles. The molecule has 9 nitrogen and oxygen atoms in total. The molecular weight excluding hydrogens is 798 g/mol. The van der Waals surface area contributed by atoms with E-state index >= 15 is 0 Å². The molecule has 10 heteroatoms. The van der Waals surface area contributed by atoms with Crippen molar-refractivity contribution in [3.63, 3.8) is 0 Å². The molecule has 0 aromatic carbocycles. The third-order valence-corrected chi connectivity index (χ3v) is 10.4. The quantitative estimate of drug-likeness (QED) is 0.0283. The summed E-state index contributed by atoms with van der Waals surface area (Å²) in [4.78, 5) is 36.8. The average Bonchev–Trinajstić information content (AvgIpc) is 3.23. The van der Waals surface area contributed by atoms with E-state index in [1.54, 1.807) is 0 Å². The first-order valence-electron chi connectivity index (χ1n) is 23.2. The van der Waals surface area contributed by atoms with Crippen molar-refractivity contribution >= 4 is 19.8 Å².